The minimum Gasteiger partial charge on any atom is -0.348 e. The fourth-order valence-corrected chi connectivity index (χ4v) is 2.58. The first kappa shape index (κ1) is 13.6. The highest BCUT2D eigenvalue weighted by atomic mass is 16.2. The summed E-state index contributed by atoms with van der Waals surface area (Å²) in [5, 5.41) is 2.79. The minimum atomic E-state index is -0.418. The maximum atomic E-state index is 12.4. The zero-order valence-electron chi connectivity index (χ0n) is 11.7. The molecule has 2 aromatic rings. The number of Topliss-reactive ketones (excluding diaryl/α,β-unsaturated/α-hetero) is 1. The lowest BCUT2D eigenvalue weighted by atomic mass is 9.95. The van der Waals surface area contributed by atoms with Crippen LogP contribution in [0.15, 0.2) is 60.7 Å². The molecule has 1 amide bonds. The standard InChI is InChI=1S/C18H17NO2/c20-16(14-7-3-1-4-8-14)13-19-17(21)18(11-12-18)15-9-5-2-6-10-15/h1-10H,11-13H2,(H,19,21). The molecular formula is C18H17NO2. The molecule has 0 unspecified atom stereocenters. The van der Waals surface area contributed by atoms with Gasteiger partial charge < -0.3 is 5.32 Å². The number of rotatable bonds is 5. The Kier molecular flexibility index (Phi) is 3.57. The van der Waals surface area contributed by atoms with E-state index < -0.39 is 5.41 Å². The maximum Gasteiger partial charge on any atom is 0.231 e. The van der Waals surface area contributed by atoms with E-state index in [0.717, 1.165) is 18.4 Å². The van der Waals surface area contributed by atoms with Crippen molar-refractivity contribution in [1.29, 1.82) is 0 Å². The molecular weight excluding hydrogens is 262 g/mol. The van der Waals surface area contributed by atoms with Crippen LogP contribution in [0, 0.1) is 0 Å². The van der Waals surface area contributed by atoms with Crippen molar-refractivity contribution >= 4 is 11.7 Å². The molecule has 1 aliphatic carbocycles. The zero-order valence-corrected chi connectivity index (χ0v) is 11.7. The number of carbonyl (C=O) groups excluding carboxylic acids is 2. The SMILES string of the molecule is O=C(CNC(=O)C1(c2ccccc2)CC1)c1ccccc1. The lowest BCUT2D eigenvalue weighted by Crippen LogP contribution is -2.37. The van der Waals surface area contributed by atoms with Gasteiger partial charge in [-0.3, -0.25) is 9.59 Å². The Hall–Kier alpha value is -2.42. The van der Waals surface area contributed by atoms with Crippen LogP contribution in [0.2, 0.25) is 0 Å². The Morgan fingerprint density at radius 1 is 0.905 bits per heavy atom. The van der Waals surface area contributed by atoms with Crippen LogP contribution in [0.4, 0.5) is 0 Å². The molecule has 106 valence electrons. The quantitative estimate of drug-likeness (QED) is 0.855. The van der Waals surface area contributed by atoms with Crippen molar-refractivity contribution < 1.29 is 9.59 Å². The average Bonchev–Trinajstić information content (AvgIpc) is 3.36. The molecule has 0 bridgehead atoms. The molecule has 1 aliphatic rings. The summed E-state index contributed by atoms with van der Waals surface area (Å²) in [6, 6.07) is 18.8. The molecule has 3 rings (SSSR count). The van der Waals surface area contributed by atoms with Crippen LogP contribution in [0.25, 0.3) is 0 Å². The van der Waals surface area contributed by atoms with Gasteiger partial charge in [0.2, 0.25) is 5.91 Å². The molecule has 1 N–H and O–H groups in total. The van der Waals surface area contributed by atoms with E-state index in [-0.39, 0.29) is 18.2 Å². The zero-order chi connectivity index (χ0) is 14.7. The minimum absolute atomic E-state index is 0.0435. The number of hydrogen-bond acceptors (Lipinski definition) is 2. The van der Waals surface area contributed by atoms with Crippen LogP contribution in [0.3, 0.4) is 0 Å². The highest BCUT2D eigenvalue weighted by Gasteiger charge is 2.51. The van der Waals surface area contributed by atoms with E-state index >= 15 is 0 Å². The summed E-state index contributed by atoms with van der Waals surface area (Å²) in [6.45, 7) is 0.0530. The Morgan fingerprint density at radius 2 is 1.48 bits per heavy atom. The van der Waals surface area contributed by atoms with Crippen molar-refractivity contribution in [3.63, 3.8) is 0 Å². The van der Waals surface area contributed by atoms with E-state index in [1.165, 1.54) is 0 Å². The lowest BCUT2D eigenvalue weighted by Gasteiger charge is -2.15. The summed E-state index contributed by atoms with van der Waals surface area (Å²) >= 11 is 0. The Bertz CT molecular complexity index is 645. The molecule has 0 atom stereocenters. The molecule has 0 radical (unpaired) electrons. The van der Waals surface area contributed by atoms with Crippen LogP contribution in [-0.4, -0.2) is 18.2 Å². The number of benzene rings is 2. The second-order valence-corrected chi connectivity index (χ2v) is 5.42. The van der Waals surface area contributed by atoms with Gasteiger partial charge in [-0.1, -0.05) is 60.7 Å². The third kappa shape index (κ3) is 2.72. The van der Waals surface area contributed by atoms with E-state index in [2.05, 4.69) is 5.32 Å². The molecule has 0 aliphatic heterocycles. The van der Waals surface area contributed by atoms with Gasteiger partial charge in [0.05, 0.1) is 12.0 Å². The van der Waals surface area contributed by atoms with Gasteiger partial charge in [-0.15, -0.1) is 0 Å². The summed E-state index contributed by atoms with van der Waals surface area (Å²) < 4.78 is 0. The molecule has 0 aromatic heterocycles. The van der Waals surface area contributed by atoms with Gasteiger partial charge in [0.25, 0.3) is 0 Å². The monoisotopic (exact) mass is 279 g/mol. The average molecular weight is 279 g/mol. The van der Waals surface area contributed by atoms with E-state index in [0.29, 0.717) is 5.56 Å². The molecule has 2 aromatic carbocycles. The molecule has 1 fully saturated rings. The summed E-state index contributed by atoms with van der Waals surface area (Å²) in [5.74, 6) is -0.106. The lowest BCUT2D eigenvalue weighted by molar-refractivity contribution is -0.123. The van der Waals surface area contributed by atoms with E-state index in [1.807, 2.05) is 48.5 Å². The van der Waals surface area contributed by atoms with Crippen LogP contribution < -0.4 is 5.32 Å². The first-order valence-corrected chi connectivity index (χ1v) is 7.14. The summed E-state index contributed by atoms with van der Waals surface area (Å²) in [7, 11) is 0. The Morgan fingerprint density at radius 3 is 2.05 bits per heavy atom. The van der Waals surface area contributed by atoms with Gasteiger partial charge in [-0.25, -0.2) is 0 Å². The highest BCUT2D eigenvalue weighted by Crippen LogP contribution is 2.48. The molecule has 21 heavy (non-hydrogen) atoms. The topological polar surface area (TPSA) is 46.2 Å². The predicted octanol–water partition coefficient (Wildman–Crippen LogP) is 2.72. The Labute approximate surface area is 124 Å². The first-order valence-electron chi connectivity index (χ1n) is 7.14. The summed E-state index contributed by atoms with van der Waals surface area (Å²) in [5.41, 5.74) is 1.25. The second kappa shape index (κ2) is 5.52. The van der Waals surface area contributed by atoms with Gasteiger partial charge in [0.1, 0.15) is 0 Å². The van der Waals surface area contributed by atoms with Crippen LogP contribution in [-0.2, 0) is 10.2 Å². The highest BCUT2D eigenvalue weighted by molar-refractivity contribution is 6.01. The van der Waals surface area contributed by atoms with E-state index in [9.17, 15) is 9.59 Å². The first-order chi connectivity index (χ1) is 10.2. The number of ketones is 1. The number of hydrogen-bond donors (Lipinski definition) is 1. The van der Waals surface area contributed by atoms with Crippen molar-refractivity contribution in [2.75, 3.05) is 6.54 Å². The van der Waals surface area contributed by atoms with Gasteiger partial charge in [0.15, 0.2) is 5.78 Å². The molecule has 3 heteroatoms. The summed E-state index contributed by atoms with van der Waals surface area (Å²) in [4.78, 5) is 24.4. The number of nitrogens with one attached hydrogen (secondary N) is 1. The smallest absolute Gasteiger partial charge is 0.231 e. The normalized spacial score (nSPS) is 15.2. The maximum absolute atomic E-state index is 12.4. The van der Waals surface area contributed by atoms with Gasteiger partial charge >= 0.3 is 0 Å². The fraction of sp³-hybridized carbons (Fsp3) is 0.222. The van der Waals surface area contributed by atoms with Crippen LogP contribution in [0.1, 0.15) is 28.8 Å². The van der Waals surface area contributed by atoms with Crippen LogP contribution >= 0.6 is 0 Å². The van der Waals surface area contributed by atoms with Crippen molar-refractivity contribution in [3.05, 3.63) is 71.8 Å². The van der Waals surface area contributed by atoms with Crippen LogP contribution in [0.5, 0.6) is 0 Å². The van der Waals surface area contributed by atoms with E-state index in [1.54, 1.807) is 12.1 Å². The van der Waals surface area contributed by atoms with E-state index in [4.69, 9.17) is 0 Å². The van der Waals surface area contributed by atoms with Gasteiger partial charge in [-0.2, -0.15) is 0 Å². The summed E-state index contributed by atoms with van der Waals surface area (Å²) in [6.07, 6.45) is 1.70. The molecule has 3 nitrogen and oxygen atoms in total. The van der Waals surface area contributed by atoms with Crippen molar-refractivity contribution in [2.24, 2.45) is 0 Å². The van der Waals surface area contributed by atoms with Crippen molar-refractivity contribution in [3.8, 4) is 0 Å². The molecule has 0 spiro atoms. The fourth-order valence-electron chi connectivity index (χ4n) is 2.58. The number of amides is 1. The van der Waals surface area contributed by atoms with Crippen molar-refractivity contribution in [2.45, 2.75) is 18.3 Å². The second-order valence-electron chi connectivity index (χ2n) is 5.42. The predicted molar refractivity (Wildman–Crippen MR) is 81.1 cm³/mol. The third-order valence-corrected chi connectivity index (χ3v) is 4.02. The molecule has 0 heterocycles. The molecule has 0 saturated heterocycles. The Balaban J connectivity index is 1.64. The largest absolute Gasteiger partial charge is 0.348 e. The number of carbonyl (C=O) groups is 2. The van der Waals surface area contributed by atoms with Gasteiger partial charge in [-0.05, 0) is 18.4 Å². The van der Waals surface area contributed by atoms with Gasteiger partial charge in [0, 0.05) is 5.56 Å². The molecule has 1 saturated carbocycles. The third-order valence-electron chi connectivity index (χ3n) is 4.02. The van der Waals surface area contributed by atoms with Crippen molar-refractivity contribution in [1.82, 2.24) is 5.32 Å².